The third-order valence-corrected chi connectivity index (χ3v) is 2.53. The zero-order valence-electron chi connectivity index (χ0n) is 9.95. The summed E-state index contributed by atoms with van der Waals surface area (Å²) in [4.78, 5) is 12.9. The first kappa shape index (κ1) is 11.9. The van der Waals surface area contributed by atoms with Crippen molar-refractivity contribution < 1.29 is 4.79 Å². The molecule has 0 N–H and O–H groups in total. The van der Waals surface area contributed by atoms with Gasteiger partial charge in [-0.2, -0.15) is 5.10 Å². The second-order valence-electron chi connectivity index (χ2n) is 4.08. The van der Waals surface area contributed by atoms with Gasteiger partial charge in [-0.3, -0.25) is 9.48 Å². The Morgan fingerprint density at radius 1 is 1.40 bits per heavy atom. The molecule has 84 valence electrons. The molecule has 1 heterocycles. The maximum Gasteiger partial charge on any atom is 0.153 e. The Balaban J connectivity index is 2.66. The normalized spacial score (nSPS) is 11.0. The monoisotopic (exact) mass is 209 g/mol. The number of aryl methyl sites for hydroxylation is 2. The van der Waals surface area contributed by atoms with Gasteiger partial charge in [-0.1, -0.05) is 0 Å². The fourth-order valence-electron chi connectivity index (χ4n) is 1.64. The highest BCUT2D eigenvalue weighted by molar-refractivity contribution is 5.77. The maximum atomic E-state index is 10.8. The SMILES string of the molecule is Cc1nn(CCCN(C)C)c(C)c1C=O. The standard InChI is InChI=1S/C11H19N3O/c1-9-11(8-15)10(2)14(12-9)7-5-6-13(3)4/h8H,5-7H2,1-4H3. The van der Waals surface area contributed by atoms with Gasteiger partial charge in [-0.15, -0.1) is 0 Å². The van der Waals surface area contributed by atoms with Gasteiger partial charge in [0.2, 0.25) is 0 Å². The van der Waals surface area contributed by atoms with Crippen LogP contribution in [-0.4, -0.2) is 41.6 Å². The molecule has 0 unspecified atom stereocenters. The van der Waals surface area contributed by atoms with Crippen molar-refractivity contribution in [3.8, 4) is 0 Å². The smallest absolute Gasteiger partial charge is 0.153 e. The van der Waals surface area contributed by atoms with Crippen LogP contribution in [0.4, 0.5) is 0 Å². The molecule has 0 aliphatic rings. The van der Waals surface area contributed by atoms with Gasteiger partial charge >= 0.3 is 0 Å². The molecule has 0 radical (unpaired) electrons. The van der Waals surface area contributed by atoms with E-state index in [1.807, 2.05) is 18.5 Å². The molecule has 0 atom stereocenters. The van der Waals surface area contributed by atoms with Gasteiger partial charge in [0.15, 0.2) is 6.29 Å². The second kappa shape index (κ2) is 5.07. The summed E-state index contributed by atoms with van der Waals surface area (Å²) in [7, 11) is 4.11. The van der Waals surface area contributed by atoms with E-state index in [0.29, 0.717) is 0 Å². The summed E-state index contributed by atoms with van der Waals surface area (Å²) in [5.41, 5.74) is 2.54. The van der Waals surface area contributed by atoms with Crippen molar-refractivity contribution in [3.63, 3.8) is 0 Å². The number of hydrogen-bond donors (Lipinski definition) is 0. The van der Waals surface area contributed by atoms with Crippen molar-refractivity contribution in [1.29, 1.82) is 0 Å². The van der Waals surface area contributed by atoms with E-state index in [2.05, 4.69) is 24.1 Å². The largest absolute Gasteiger partial charge is 0.309 e. The highest BCUT2D eigenvalue weighted by Crippen LogP contribution is 2.10. The van der Waals surface area contributed by atoms with E-state index in [4.69, 9.17) is 0 Å². The van der Waals surface area contributed by atoms with Crippen molar-refractivity contribution in [2.45, 2.75) is 26.8 Å². The molecule has 1 rings (SSSR count). The third-order valence-electron chi connectivity index (χ3n) is 2.53. The lowest BCUT2D eigenvalue weighted by Crippen LogP contribution is -2.15. The first-order chi connectivity index (χ1) is 7.06. The average molecular weight is 209 g/mol. The Hall–Kier alpha value is -1.16. The summed E-state index contributed by atoms with van der Waals surface area (Å²) < 4.78 is 1.92. The zero-order valence-corrected chi connectivity index (χ0v) is 9.95. The van der Waals surface area contributed by atoms with Crippen LogP contribution >= 0.6 is 0 Å². The van der Waals surface area contributed by atoms with Crippen molar-refractivity contribution in [2.24, 2.45) is 0 Å². The van der Waals surface area contributed by atoms with Crippen molar-refractivity contribution in [2.75, 3.05) is 20.6 Å². The molecule has 0 aliphatic carbocycles. The number of carbonyl (C=O) groups is 1. The van der Waals surface area contributed by atoms with Gasteiger partial charge in [-0.25, -0.2) is 0 Å². The van der Waals surface area contributed by atoms with Crippen LogP contribution in [-0.2, 0) is 6.54 Å². The van der Waals surface area contributed by atoms with Gasteiger partial charge < -0.3 is 4.90 Å². The van der Waals surface area contributed by atoms with Crippen LogP contribution in [0.5, 0.6) is 0 Å². The van der Waals surface area contributed by atoms with Crippen LogP contribution in [0.1, 0.15) is 28.2 Å². The molecular weight excluding hydrogens is 190 g/mol. The van der Waals surface area contributed by atoms with E-state index in [0.717, 1.165) is 42.7 Å². The predicted molar refractivity (Wildman–Crippen MR) is 60.3 cm³/mol. The summed E-state index contributed by atoms with van der Waals surface area (Å²) >= 11 is 0. The molecule has 0 bridgehead atoms. The molecule has 0 fully saturated rings. The molecule has 0 saturated carbocycles. The lowest BCUT2D eigenvalue weighted by molar-refractivity contribution is 0.112. The number of carbonyl (C=O) groups excluding carboxylic acids is 1. The van der Waals surface area contributed by atoms with Crippen LogP contribution in [0.25, 0.3) is 0 Å². The van der Waals surface area contributed by atoms with Crippen LogP contribution < -0.4 is 0 Å². The fraction of sp³-hybridized carbons (Fsp3) is 0.636. The zero-order chi connectivity index (χ0) is 11.4. The van der Waals surface area contributed by atoms with Crippen molar-refractivity contribution >= 4 is 6.29 Å². The van der Waals surface area contributed by atoms with Gasteiger partial charge in [-0.05, 0) is 40.9 Å². The van der Waals surface area contributed by atoms with Gasteiger partial charge in [0.05, 0.1) is 11.3 Å². The highest BCUT2D eigenvalue weighted by Gasteiger charge is 2.09. The Labute approximate surface area is 90.9 Å². The van der Waals surface area contributed by atoms with E-state index >= 15 is 0 Å². The molecule has 0 saturated heterocycles. The van der Waals surface area contributed by atoms with Crippen LogP contribution in [0.15, 0.2) is 0 Å². The first-order valence-electron chi connectivity index (χ1n) is 5.20. The van der Waals surface area contributed by atoms with Crippen molar-refractivity contribution in [3.05, 3.63) is 17.0 Å². The molecule has 1 aromatic heterocycles. The number of rotatable bonds is 5. The molecule has 0 aromatic carbocycles. The summed E-state index contributed by atoms with van der Waals surface area (Å²) in [6.45, 7) is 5.73. The third kappa shape index (κ3) is 2.89. The maximum absolute atomic E-state index is 10.8. The average Bonchev–Trinajstić information content (AvgIpc) is 2.41. The van der Waals surface area contributed by atoms with E-state index in [9.17, 15) is 4.79 Å². The number of nitrogens with zero attached hydrogens (tertiary/aromatic N) is 3. The van der Waals surface area contributed by atoms with Crippen LogP contribution in [0, 0.1) is 13.8 Å². The summed E-state index contributed by atoms with van der Waals surface area (Å²) in [5.74, 6) is 0. The van der Waals surface area contributed by atoms with Crippen LogP contribution in [0.3, 0.4) is 0 Å². The van der Waals surface area contributed by atoms with Crippen LogP contribution in [0.2, 0.25) is 0 Å². The predicted octanol–water partition coefficient (Wildman–Crippen LogP) is 1.26. The van der Waals surface area contributed by atoms with Gasteiger partial charge in [0.25, 0.3) is 0 Å². The number of aromatic nitrogens is 2. The Morgan fingerprint density at radius 2 is 2.07 bits per heavy atom. The summed E-state index contributed by atoms with van der Waals surface area (Å²) in [5, 5.41) is 4.34. The molecule has 1 aromatic rings. The Morgan fingerprint density at radius 3 is 2.53 bits per heavy atom. The molecule has 0 spiro atoms. The molecule has 4 heteroatoms. The second-order valence-corrected chi connectivity index (χ2v) is 4.08. The van der Waals surface area contributed by atoms with E-state index in [-0.39, 0.29) is 0 Å². The van der Waals surface area contributed by atoms with E-state index in [1.165, 1.54) is 0 Å². The fourth-order valence-corrected chi connectivity index (χ4v) is 1.64. The minimum absolute atomic E-state index is 0.736. The molecule has 4 nitrogen and oxygen atoms in total. The van der Waals surface area contributed by atoms with E-state index < -0.39 is 0 Å². The van der Waals surface area contributed by atoms with E-state index in [1.54, 1.807) is 0 Å². The first-order valence-corrected chi connectivity index (χ1v) is 5.20. The molecule has 0 amide bonds. The number of hydrogen-bond acceptors (Lipinski definition) is 3. The number of aldehydes is 1. The quantitative estimate of drug-likeness (QED) is 0.685. The lowest BCUT2D eigenvalue weighted by atomic mass is 10.2. The minimum atomic E-state index is 0.736. The van der Waals surface area contributed by atoms with Gasteiger partial charge in [0, 0.05) is 12.2 Å². The molecule has 15 heavy (non-hydrogen) atoms. The summed E-state index contributed by atoms with van der Waals surface area (Å²) in [6.07, 6.45) is 1.94. The van der Waals surface area contributed by atoms with Crippen molar-refractivity contribution in [1.82, 2.24) is 14.7 Å². The minimum Gasteiger partial charge on any atom is -0.309 e. The lowest BCUT2D eigenvalue weighted by Gasteiger charge is -2.09. The molecular formula is C11H19N3O. The summed E-state index contributed by atoms with van der Waals surface area (Å²) in [6, 6.07) is 0. The Kier molecular flexibility index (Phi) is 4.03. The Bertz CT molecular complexity index is 342. The van der Waals surface area contributed by atoms with Gasteiger partial charge in [0.1, 0.15) is 0 Å². The highest BCUT2D eigenvalue weighted by atomic mass is 16.1. The topological polar surface area (TPSA) is 38.1 Å². The molecule has 0 aliphatic heterocycles.